The van der Waals surface area contributed by atoms with Crippen molar-refractivity contribution in [1.82, 2.24) is 35.8 Å². The molecule has 3 aliphatic rings. The van der Waals surface area contributed by atoms with Gasteiger partial charge in [-0.25, -0.2) is 9.78 Å². The van der Waals surface area contributed by atoms with Gasteiger partial charge in [-0.1, -0.05) is 16.9 Å². The van der Waals surface area contributed by atoms with Crippen LogP contribution in [0.3, 0.4) is 0 Å². The molecule has 5 N–H and O–H groups in total. The molecule has 2 atom stereocenters. The van der Waals surface area contributed by atoms with E-state index in [-0.39, 0.29) is 34.1 Å². The lowest BCUT2D eigenvalue weighted by molar-refractivity contribution is -0.150. The summed E-state index contributed by atoms with van der Waals surface area (Å²) < 4.78 is 0. The van der Waals surface area contributed by atoms with Gasteiger partial charge in [0.2, 0.25) is 5.16 Å². The van der Waals surface area contributed by atoms with Crippen molar-refractivity contribution in [3.05, 3.63) is 22.3 Å². The molecule has 1 saturated heterocycles. The molecule has 36 heavy (non-hydrogen) atoms. The van der Waals surface area contributed by atoms with E-state index in [4.69, 9.17) is 10.6 Å². The SMILES string of the molecule is Nc1nc(/C(=N\OC2CCCC2)C(=O)NC2C(=O)N3C(C(=O)O)=C(CSc4nn[nH]n4)CSC23)cs1. The van der Waals surface area contributed by atoms with Crippen molar-refractivity contribution in [1.29, 1.82) is 0 Å². The number of aromatic amines is 1. The van der Waals surface area contributed by atoms with Gasteiger partial charge in [-0.05, 0) is 36.5 Å². The summed E-state index contributed by atoms with van der Waals surface area (Å²) in [5, 5.41) is 31.7. The van der Waals surface area contributed by atoms with Crippen LogP contribution in [0.25, 0.3) is 0 Å². The number of β-lactam (4-membered cyclic amide) rings is 1. The first-order valence-electron chi connectivity index (χ1n) is 10.9. The van der Waals surface area contributed by atoms with Crippen LogP contribution in [0.1, 0.15) is 31.4 Å². The number of nitrogens with two attached hydrogens (primary N) is 1. The summed E-state index contributed by atoms with van der Waals surface area (Å²) >= 11 is 3.73. The molecule has 0 radical (unpaired) electrons. The summed E-state index contributed by atoms with van der Waals surface area (Å²) in [5.41, 5.74) is 6.38. The molecule has 2 aliphatic heterocycles. The van der Waals surface area contributed by atoms with Crippen molar-refractivity contribution in [2.24, 2.45) is 5.16 Å². The number of aromatic nitrogens is 5. The van der Waals surface area contributed by atoms with Gasteiger partial charge in [0.1, 0.15) is 28.9 Å². The van der Waals surface area contributed by atoms with Gasteiger partial charge in [-0.3, -0.25) is 14.5 Å². The molecule has 5 rings (SSSR count). The van der Waals surface area contributed by atoms with E-state index < -0.39 is 29.2 Å². The molecule has 0 aromatic carbocycles. The topological polar surface area (TPSA) is 202 Å². The summed E-state index contributed by atoms with van der Waals surface area (Å²) in [6.07, 6.45) is 3.69. The first-order chi connectivity index (χ1) is 17.4. The normalized spacial score (nSPS) is 22.4. The van der Waals surface area contributed by atoms with Gasteiger partial charge in [0.15, 0.2) is 10.8 Å². The van der Waals surface area contributed by atoms with E-state index in [9.17, 15) is 19.5 Å². The number of H-pyrrole nitrogens is 1. The van der Waals surface area contributed by atoms with E-state index in [1.165, 1.54) is 28.4 Å². The number of nitrogens with one attached hydrogen (secondary N) is 2. The number of tetrazole rings is 1. The molecule has 0 bridgehead atoms. The fraction of sp³-hybridized carbons (Fsp3) is 0.474. The number of hydrogen-bond donors (Lipinski definition) is 4. The molecule has 0 spiro atoms. The Hall–Kier alpha value is -3.18. The molecule has 2 fully saturated rings. The van der Waals surface area contributed by atoms with Gasteiger partial charge in [-0.15, -0.1) is 33.3 Å². The minimum absolute atomic E-state index is 0.0758. The van der Waals surface area contributed by atoms with Gasteiger partial charge in [0, 0.05) is 16.9 Å². The van der Waals surface area contributed by atoms with Crippen LogP contribution in [-0.4, -0.2) is 88.1 Å². The summed E-state index contributed by atoms with van der Waals surface area (Å²) in [5.74, 6) is -1.73. The molecule has 1 saturated carbocycles. The number of thiazole rings is 1. The molecule has 2 aromatic heterocycles. The average molecular weight is 552 g/mol. The zero-order valence-electron chi connectivity index (χ0n) is 18.6. The number of carbonyl (C=O) groups excluding carboxylic acids is 2. The van der Waals surface area contributed by atoms with Gasteiger partial charge >= 0.3 is 5.97 Å². The molecule has 4 heterocycles. The fourth-order valence-electron chi connectivity index (χ4n) is 4.09. The van der Waals surface area contributed by atoms with E-state index >= 15 is 0 Å². The second-order valence-electron chi connectivity index (χ2n) is 8.12. The van der Waals surface area contributed by atoms with Crippen LogP contribution < -0.4 is 11.1 Å². The monoisotopic (exact) mass is 551 g/mol. The molecule has 17 heteroatoms. The average Bonchev–Trinajstić information content (AvgIpc) is 3.64. The van der Waals surface area contributed by atoms with E-state index in [2.05, 4.69) is 36.1 Å². The van der Waals surface area contributed by atoms with E-state index in [0.29, 0.717) is 16.5 Å². The predicted octanol–water partition coefficient (Wildman–Crippen LogP) is 0.433. The van der Waals surface area contributed by atoms with E-state index in [1.54, 1.807) is 5.38 Å². The lowest BCUT2D eigenvalue weighted by Gasteiger charge is -2.49. The quantitative estimate of drug-likeness (QED) is 0.145. The Labute approximate surface area is 216 Å². The van der Waals surface area contributed by atoms with Gasteiger partial charge < -0.3 is 21.0 Å². The summed E-state index contributed by atoms with van der Waals surface area (Å²) in [7, 11) is 0. The number of anilines is 1. The number of carboxylic acid groups (broad SMARTS) is 1. The minimum atomic E-state index is -1.22. The summed E-state index contributed by atoms with van der Waals surface area (Å²) in [4.78, 5) is 49.1. The fourth-order valence-corrected chi connectivity index (χ4v) is 6.86. The van der Waals surface area contributed by atoms with Crippen LogP contribution in [0.4, 0.5) is 5.13 Å². The lowest BCUT2D eigenvalue weighted by Crippen LogP contribution is -2.71. The van der Waals surface area contributed by atoms with Crippen molar-refractivity contribution in [2.45, 2.75) is 48.4 Å². The Bertz CT molecular complexity index is 1220. The van der Waals surface area contributed by atoms with Gasteiger partial charge in [0.05, 0.1) is 0 Å². The van der Waals surface area contributed by atoms with Crippen molar-refractivity contribution < 1.29 is 24.3 Å². The van der Waals surface area contributed by atoms with Crippen LogP contribution in [0.15, 0.2) is 27.0 Å². The molecule has 14 nitrogen and oxygen atoms in total. The van der Waals surface area contributed by atoms with Crippen molar-refractivity contribution in [2.75, 3.05) is 17.2 Å². The Balaban J connectivity index is 1.30. The lowest BCUT2D eigenvalue weighted by atomic mass is 10.0. The smallest absolute Gasteiger partial charge is 0.352 e. The Kier molecular flexibility index (Phi) is 7.10. The molecular formula is C19H21N9O5S3. The Morgan fingerprint density at radius 2 is 2.19 bits per heavy atom. The number of nitrogens with zero attached hydrogens (tertiary/aromatic N) is 6. The van der Waals surface area contributed by atoms with Crippen molar-refractivity contribution >= 4 is 63.5 Å². The number of carbonyl (C=O) groups is 3. The van der Waals surface area contributed by atoms with Gasteiger partial charge in [-0.2, -0.15) is 5.21 Å². The third kappa shape index (κ3) is 4.90. The second-order valence-corrected chi connectivity index (χ2v) is 11.1. The molecule has 2 amide bonds. The highest BCUT2D eigenvalue weighted by Crippen LogP contribution is 2.41. The number of carboxylic acids is 1. The number of rotatable bonds is 9. The maximum absolute atomic E-state index is 13.2. The Morgan fingerprint density at radius 3 is 2.86 bits per heavy atom. The van der Waals surface area contributed by atoms with Gasteiger partial charge in [0.25, 0.3) is 11.8 Å². The maximum atomic E-state index is 13.2. The van der Waals surface area contributed by atoms with Crippen molar-refractivity contribution in [3.63, 3.8) is 0 Å². The number of hydrogen-bond acceptors (Lipinski definition) is 13. The summed E-state index contributed by atoms with van der Waals surface area (Å²) in [6.45, 7) is 0. The number of amides is 2. The first kappa shape index (κ1) is 24.5. The Morgan fingerprint density at radius 1 is 1.39 bits per heavy atom. The van der Waals surface area contributed by atoms with Crippen LogP contribution in [0.2, 0.25) is 0 Å². The van der Waals surface area contributed by atoms with Crippen LogP contribution in [-0.2, 0) is 19.2 Å². The molecule has 2 aromatic rings. The number of aliphatic carboxylic acids is 1. The molecular weight excluding hydrogens is 530 g/mol. The van der Waals surface area contributed by atoms with Crippen molar-refractivity contribution in [3.8, 4) is 0 Å². The largest absolute Gasteiger partial charge is 0.477 e. The van der Waals surface area contributed by atoms with Crippen LogP contribution in [0.5, 0.6) is 0 Å². The zero-order chi connectivity index (χ0) is 25.2. The second kappa shape index (κ2) is 10.4. The van der Waals surface area contributed by atoms with Crippen LogP contribution in [0, 0.1) is 0 Å². The molecule has 2 unspecified atom stereocenters. The predicted molar refractivity (Wildman–Crippen MR) is 131 cm³/mol. The highest BCUT2D eigenvalue weighted by Gasteiger charge is 2.54. The standard InChI is InChI=1S/C19H21N9O5S3/c20-18-21-10(7-35-18)11(25-33-9-3-1-2-4-9)14(29)22-12-15(30)28-13(17(31)32)8(5-34-16(12)28)6-36-19-23-26-27-24-19/h7,9,12,16H,1-6H2,(H2,20,21)(H,22,29)(H,31,32)(H,23,24,26,27)/b25-11+. The maximum Gasteiger partial charge on any atom is 0.352 e. The third-order valence-electron chi connectivity index (χ3n) is 5.81. The zero-order valence-corrected chi connectivity index (χ0v) is 21.1. The number of fused-ring (bicyclic) bond motifs is 1. The van der Waals surface area contributed by atoms with E-state index in [0.717, 1.165) is 37.0 Å². The van der Waals surface area contributed by atoms with E-state index in [1.807, 2.05) is 0 Å². The minimum Gasteiger partial charge on any atom is -0.477 e. The summed E-state index contributed by atoms with van der Waals surface area (Å²) in [6, 6.07) is -0.920. The highest BCUT2D eigenvalue weighted by molar-refractivity contribution is 8.01. The van der Waals surface area contributed by atoms with Crippen LogP contribution >= 0.6 is 34.9 Å². The number of nitrogen functional groups attached to an aromatic ring is 1. The molecule has 1 aliphatic carbocycles. The first-order valence-corrected chi connectivity index (χ1v) is 13.9. The third-order valence-corrected chi connectivity index (χ3v) is 8.75. The highest BCUT2D eigenvalue weighted by atomic mass is 32.2. The molecule has 190 valence electrons. The number of thioether (sulfide) groups is 2. The number of oxime groups is 1.